The molecule has 0 aliphatic heterocycles. The minimum absolute atomic E-state index is 0.218. The number of esters is 1. The van der Waals surface area contributed by atoms with Crippen molar-refractivity contribution in [3.63, 3.8) is 0 Å². The van der Waals surface area contributed by atoms with Gasteiger partial charge >= 0.3 is 5.97 Å². The van der Waals surface area contributed by atoms with Crippen LogP contribution in [0.25, 0.3) is 0 Å². The van der Waals surface area contributed by atoms with Crippen molar-refractivity contribution >= 4 is 5.97 Å². The quantitative estimate of drug-likeness (QED) is 0.628. The first-order chi connectivity index (χ1) is 9.21. The predicted octanol–water partition coefficient (Wildman–Crippen LogP) is 1.16. The number of carbonyl (C=O) groups is 1. The lowest BCUT2D eigenvalue weighted by atomic mass is 10.3. The fraction of sp³-hybridized carbons (Fsp3) is 0.615. The van der Waals surface area contributed by atoms with E-state index in [9.17, 15) is 4.79 Å². The third-order valence-electron chi connectivity index (χ3n) is 2.65. The second-order valence-corrected chi connectivity index (χ2v) is 4.02. The van der Waals surface area contributed by atoms with Gasteiger partial charge in [0.25, 0.3) is 0 Å². The van der Waals surface area contributed by atoms with Crippen LogP contribution >= 0.6 is 0 Å². The average molecular weight is 271 g/mol. The smallest absolute Gasteiger partial charge is 0.373 e. The molecule has 0 unspecified atom stereocenters. The van der Waals surface area contributed by atoms with Gasteiger partial charge in [-0.15, -0.1) is 0 Å². The van der Waals surface area contributed by atoms with Gasteiger partial charge in [0.05, 0.1) is 26.9 Å². The van der Waals surface area contributed by atoms with Crippen molar-refractivity contribution in [1.82, 2.24) is 4.90 Å². The zero-order valence-electron chi connectivity index (χ0n) is 11.7. The van der Waals surface area contributed by atoms with Gasteiger partial charge in [0.1, 0.15) is 5.76 Å². The van der Waals surface area contributed by atoms with Gasteiger partial charge in [-0.25, -0.2) is 4.79 Å². The fourth-order valence-corrected chi connectivity index (χ4v) is 1.60. The Hall–Kier alpha value is -1.37. The molecule has 0 N–H and O–H groups in total. The highest BCUT2D eigenvalue weighted by Gasteiger charge is 2.13. The summed E-state index contributed by atoms with van der Waals surface area (Å²) in [7, 11) is 4.65. The standard InChI is InChI=1S/C13H21NO5/c1-16-8-6-14(7-9-17-2)10-11-4-5-12(19-11)13(15)18-3/h4-5H,6-10H2,1-3H3. The molecular formula is C13H21NO5. The molecule has 108 valence electrons. The van der Waals surface area contributed by atoms with Gasteiger partial charge in [0.2, 0.25) is 5.76 Å². The molecule has 0 bridgehead atoms. The first kappa shape index (κ1) is 15.7. The van der Waals surface area contributed by atoms with Crippen molar-refractivity contribution < 1.29 is 23.4 Å². The van der Waals surface area contributed by atoms with Crippen molar-refractivity contribution in [3.8, 4) is 0 Å². The van der Waals surface area contributed by atoms with E-state index >= 15 is 0 Å². The van der Waals surface area contributed by atoms with Crippen molar-refractivity contribution in [2.75, 3.05) is 47.6 Å². The zero-order chi connectivity index (χ0) is 14.1. The molecule has 0 aliphatic rings. The lowest BCUT2D eigenvalue weighted by Gasteiger charge is -2.20. The van der Waals surface area contributed by atoms with E-state index in [0.717, 1.165) is 13.1 Å². The van der Waals surface area contributed by atoms with Gasteiger partial charge in [-0.05, 0) is 12.1 Å². The van der Waals surface area contributed by atoms with Crippen LogP contribution in [0.15, 0.2) is 16.5 Å². The Morgan fingerprint density at radius 1 is 1.16 bits per heavy atom. The summed E-state index contributed by atoms with van der Waals surface area (Å²) in [6.07, 6.45) is 0. The van der Waals surface area contributed by atoms with Crippen LogP contribution in [0.1, 0.15) is 16.3 Å². The van der Waals surface area contributed by atoms with Crippen LogP contribution in [-0.2, 0) is 20.8 Å². The van der Waals surface area contributed by atoms with Crippen molar-refractivity contribution in [1.29, 1.82) is 0 Å². The summed E-state index contributed by atoms with van der Waals surface area (Å²) in [5, 5.41) is 0. The lowest BCUT2D eigenvalue weighted by molar-refractivity contribution is 0.0558. The van der Waals surface area contributed by atoms with Gasteiger partial charge in [-0.2, -0.15) is 0 Å². The first-order valence-electron chi connectivity index (χ1n) is 6.08. The summed E-state index contributed by atoms with van der Waals surface area (Å²) in [4.78, 5) is 13.4. The Kier molecular flexibility index (Phi) is 7.17. The highest BCUT2D eigenvalue weighted by atomic mass is 16.5. The topological polar surface area (TPSA) is 61.1 Å². The van der Waals surface area contributed by atoms with Crippen LogP contribution in [-0.4, -0.2) is 58.5 Å². The number of furan rings is 1. The fourth-order valence-electron chi connectivity index (χ4n) is 1.60. The second kappa shape index (κ2) is 8.68. The SMILES string of the molecule is COCCN(CCOC)Cc1ccc(C(=O)OC)o1. The van der Waals surface area contributed by atoms with E-state index in [1.165, 1.54) is 7.11 Å². The Bertz CT molecular complexity index is 369. The molecule has 0 atom stereocenters. The van der Waals surface area contributed by atoms with Gasteiger partial charge in [0.15, 0.2) is 0 Å². The molecule has 0 amide bonds. The third kappa shape index (κ3) is 5.42. The number of hydrogen-bond acceptors (Lipinski definition) is 6. The molecule has 6 nitrogen and oxygen atoms in total. The van der Waals surface area contributed by atoms with Gasteiger partial charge in [-0.1, -0.05) is 0 Å². The molecule has 19 heavy (non-hydrogen) atoms. The van der Waals surface area contributed by atoms with Crippen LogP contribution in [0.5, 0.6) is 0 Å². The normalized spacial score (nSPS) is 10.9. The van der Waals surface area contributed by atoms with Gasteiger partial charge < -0.3 is 18.6 Å². The van der Waals surface area contributed by atoms with E-state index in [2.05, 4.69) is 9.64 Å². The molecule has 0 fully saturated rings. The zero-order valence-corrected chi connectivity index (χ0v) is 11.7. The van der Waals surface area contributed by atoms with Crippen LogP contribution in [0, 0.1) is 0 Å². The van der Waals surface area contributed by atoms with Crippen LogP contribution in [0.3, 0.4) is 0 Å². The van der Waals surface area contributed by atoms with Crippen LogP contribution < -0.4 is 0 Å². The van der Waals surface area contributed by atoms with E-state index in [1.807, 2.05) is 0 Å². The highest BCUT2D eigenvalue weighted by molar-refractivity contribution is 5.86. The molecule has 0 saturated heterocycles. The molecule has 0 aliphatic carbocycles. The number of carbonyl (C=O) groups excluding carboxylic acids is 1. The number of nitrogens with zero attached hydrogens (tertiary/aromatic N) is 1. The summed E-state index contributed by atoms with van der Waals surface area (Å²) in [5.74, 6) is 0.468. The molecule has 0 aromatic carbocycles. The van der Waals surface area contributed by atoms with Crippen LogP contribution in [0.2, 0.25) is 0 Å². The number of ether oxygens (including phenoxy) is 3. The summed E-state index contributed by atoms with van der Waals surface area (Å²) in [6, 6.07) is 3.39. The summed E-state index contributed by atoms with van der Waals surface area (Å²) in [6.45, 7) is 3.41. The molecule has 6 heteroatoms. The van der Waals surface area contributed by atoms with E-state index in [-0.39, 0.29) is 5.76 Å². The molecule has 1 heterocycles. The Morgan fingerprint density at radius 3 is 2.32 bits per heavy atom. The highest BCUT2D eigenvalue weighted by Crippen LogP contribution is 2.11. The Morgan fingerprint density at radius 2 is 1.79 bits per heavy atom. The predicted molar refractivity (Wildman–Crippen MR) is 69.1 cm³/mol. The van der Waals surface area contributed by atoms with Gasteiger partial charge in [-0.3, -0.25) is 4.90 Å². The van der Waals surface area contributed by atoms with Crippen LogP contribution in [0.4, 0.5) is 0 Å². The summed E-state index contributed by atoms with van der Waals surface area (Å²) < 4.78 is 20.2. The average Bonchev–Trinajstić information content (AvgIpc) is 2.89. The minimum Gasteiger partial charge on any atom is -0.463 e. The maximum atomic E-state index is 11.3. The molecule has 1 aromatic rings. The van der Waals surface area contributed by atoms with Crippen molar-refractivity contribution in [2.45, 2.75) is 6.54 Å². The van der Waals surface area contributed by atoms with Gasteiger partial charge in [0, 0.05) is 27.3 Å². The number of rotatable bonds is 9. The Balaban J connectivity index is 2.56. The van der Waals surface area contributed by atoms with Crippen molar-refractivity contribution in [3.05, 3.63) is 23.7 Å². The molecular weight excluding hydrogens is 250 g/mol. The monoisotopic (exact) mass is 271 g/mol. The van der Waals surface area contributed by atoms with E-state index < -0.39 is 5.97 Å². The van der Waals surface area contributed by atoms with E-state index in [4.69, 9.17) is 13.9 Å². The molecule has 1 aromatic heterocycles. The van der Waals surface area contributed by atoms with E-state index in [1.54, 1.807) is 26.4 Å². The largest absolute Gasteiger partial charge is 0.463 e. The second-order valence-electron chi connectivity index (χ2n) is 4.02. The van der Waals surface area contributed by atoms with E-state index in [0.29, 0.717) is 25.5 Å². The number of methoxy groups -OCH3 is 3. The maximum absolute atomic E-state index is 11.3. The molecule has 0 saturated carbocycles. The summed E-state index contributed by atoms with van der Waals surface area (Å²) in [5.41, 5.74) is 0. The number of hydrogen-bond donors (Lipinski definition) is 0. The summed E-state index contributed by atoms with van der Waals surface area (Å²) >= 11 is 0. The first-order valence-corrected chi connectivity index (χ1v) is 6.08. The molecule has 0 radical (unpaired) electrons. The Labute approximate surface area is 113 Å². The van der Waals surface area contributed by atoms with Crippen molar-refractivity contribution in [2.24, 2.45) is 0 Å². The minimum atomic E-state index is -0.466. The molecule has 0 spiro atoms. The lowest BCUT2D eigenvalue weighted by Crippen LogP contribution is -2.30. The molecule has 1 rings (SSSR count). The maximum Gasteiger partial charge on any atom is 0.373 e. The third-order valence-corrected chi connectivity index (χ3v) is 2.65.